The van der Waals surface area contributed by atoms with Gasteiger partial charge < -0.3 is 10.4 Å². The summed E-state index contributed by atoms with van der Waals surface area (Å²) in [5, 5.41) is 12.3. The molecule has 0 aliphatic heterocycles. The second-order valence-corrected chi connectivity index (χ2v) is 3.86. The number of carbonyl (C=O) groups is 1. The fourth-order valence-corrected chi connectivity index (χ4v) is 1.48. The molecule has 0 saturated heterocycles. The second-order valence-electron chi connectivity index (χ2n) is 3.86. The van der Waals surface area contributed by atoms with E-state index in [2.05, 4.69) is 12.2 Å². The summed E-state index contributed by atoms with van der Waals surface area (Å²) in [5.41, 5.74) is 0.756. The maximum atomic E-state index is 11.4. The third-order valence-corrected chi connectivity index (χ3v) is 2.48. The number of carbonyl (C=O) groups excluding carboxylic acids is 1. The summed E-state index contributed by atoms with van der Waals surface area (Å²) in [7, 11) is 0. The van der Waals surface area contributed by atoms with Crippen molar-refractivity contribution in [3.8, 4) is 5.75 Å². The van der Waals surface area contributed by atoms with E-state index in [1.54, 1.807) is 12.1 Å². The molecule has 2 N–H and O–H groups in total. The van der Waals surface area contributed by atoms with Crippen LogP contribution in [-0.4, -0.2) is 11.0 Å². The Bertz CT molecular complexity index is 336. The zero-order valence-corrected chi connectivity index (χ0v) is 9.70. The maximum Gasteiger partial charge on any atom is 0.220 e. The van der Waals surface area contributed by atoms with Crippen molar-refractivity contribution >= 4 is 5.91 Å². The zero-order chi connectivity index (χ0) is 11.8. The lowest BCUT2D eigenvalue weighted by Gasteiger charge is -2.06. The number of phenols is 1. The molecule has 0 spiro atoms. The molecule has 0 aliphatic rings. The van der Waals surface area contributed by atoms with Gasteiger partial charge in [-0.25, -0.2) is 0 Å². The van der Waals surface area contributed by atoms with Crippen molar-refractivity contribution in [3.63, 3.8) is 0 Å². The van der Waals surface area contributed by atoms with Crippen LogP contribution >= 0.6 is 0 Å². The summed E-state index contributed by atoms with van der Waals surface area (Å²) in [4.78, 5) is 11.4. The third-order valence-electron chi connectivity index (χ3n) is 2.48. The van der Waals surface area contributed by atoms with E-state index in [4.69, 9.17) is 0 Å². The largest absolute Gasteiger partial charge is 0.508 e. The molecule has 1 aromatic rings. The van der Waals surface area contributed by atoms with Crippen LogP contribution in [0.5, 0.6) is 5.75 Å². The molecule has 0 atom stereocenters. The molecule has 3 heteroatoms. The number of phenolic OH excluding ortho intramolecular Hbond substituents is 1. The van der Waals surface area contributed by atoms with Crippen molar-refractivity contribution in [2.75, 3.05) is 0 Å². The summed E-state index contributed by atoms with van der Waals surface area (Å²) in [6.07, 6.45) is 3.71. The van der Waals surface area contributed by atoms with Crippen molar-refractivity contribution in [1.29, 1.82) is 0 Å². The van der Waals surface area contributed by atoms with Gasteiger partial charge in [-0.3, -0.25) is 4.79 Å². The van der Waals surface area contributed by atoms with E-state index in [1.807, 2.05) is 12.1 Å². The van der Waals surface area contributed by atoms with Crippen molar-refractivity contribution < 1.29 is 9.90 Å². The molecule has 1 rings (SSSR count). The number of amides is 1. The highest BCUT2D eigenvalue weighted by Crippen LogP contribution is 2.14. The monoisotopic (exact) mass is 221 g/mol. The lowest BCUT2D eigenvalue weighted by atomic mass is 10.2. The minimum atomic E-state index is 0.0525. The molecule has 88 valence electrons. The Morgan fingerprint density at radius 1 is 1.31 bits per heavy atom. The highest BCUT2D eigenvalue weighted by Gasteiger charge is 2.03. The topological polar surface area (TPSA) is 49.3 Å². The van der Waals surface area contributed by atoms with Crippen LogP contribution in [0, 0.1) is 0 Å². The number of nitrogens with one attached hydrogen (secondary N) is 1. The molecule has 0 bridgehead atoms. The molecule has 0 unspecified atom stereocenters. The molecule has 1 amide bonds. The zero-order valence-electron chi connectivity index (χ0n) is 9.70. The Morgan fingerprint density at radius 2 is 2.06 bits per heavy atom. The Balaban J connectivity index is 2.29. The molecule has 0 radical (unpaired) electrons. The van der Waals surface area contributed by atoms with Crippen LogP contribution in [0.15, 0.2) is 24.3 Å². The predicted molar refractivity (Wildman–Crippen MR) is 64.1 cm³/mol. The third kappa shape index (κ3) is 4.34. The fraction of sp³-hybridized carbons (Fsp3) is 0.462. The van der Waals surface area contributed by atoms with Gasteiger partial charge in [-0.2, -0.15) is 0 Å². The van der Waals surface area contributed by atoms with E-state index in [-0.39, 0.29) is 11.7 Å². The van der Waals surface area contributed by atoms with E-state index in [9.17, 15) is 9.90 Å². The number of aromatic hydroxyl groups is 1. The quantitative estimate of drug-likeness (QED) is 0.725. The van der Waals surface area contributed by atoms with E-state index in [1.165, 1.54) is 0 Å². The summed E-state index contributed by atoms with van der Waals surface area (Å²) in [5.74, 6) is 0.285. The summed E-state index contributed by atoms with van der Waals surface area (Å²) in [6.45, 7) is 2.51. The van der Waals surface area contributed by atoms with Gasteiger partial charge >= 0.3 is 0 Å². The Kier molecular flexibility index (Phi) is 5.40. The van der Waals surface area contributed by atoms with Crippen LogP contribution < -0.4 is 5.32 Å². The molecule has 0 heterocycles. The fourth-order valence-electron chi connectivity index (χ4n) is 1.48. The van der Waals surface area contributed by atoms with Crippen molar-refractivity contribution in [3.05, 3.63) is 29.8 Å². The Hall–Kier alpha value is -1.51. The molecular weight excluding hydrogens is 202 g/mol. The van der Waals surface area contributed by atoms with Crippen LogP contribution in [0.2, 0.25) is 0 Å². The summed E-state index contributed by atoms with van der Waals surface area (Å²) < 4.78 is 0. The lowest BCUT2D eigenvalue weighted by Crippen LogP contribution is -2.22. The average molecular weight is 221 g/mol. The van der Waals surface area contributed by atoms with Gasteiger partial charge in [0.25, 0.3) is 0 Å². The maximum absolute atomic E-state index is 11.4. The van der Waals surface area contributed by atoms with Crippen molar-refractivity contribution in [1.82, 2.24) is 5.32 Å². The highest BCUT2D eigenvalue weighted by molar-refractivity contribution is 5.75. The predicted octanol–water partition coefficient (Wildman–Crippen LogP) is 2.59. The van der Waals surface area contributed by atoms with Crippen LogP contribution in [0.25, 0.3) is 0 Å². The first-order chi connectivity index (χ1) is 7.74. The first-order valence-corrected chi connectivity index (χ1v) is 5.77. The first-order valence-electron chi connectivity index (χ1n) is 5.77. The van der Waals surface area contributed by atoms with Crippen LogP contribution in [-0.2, 0) is 11.3 Å². The van der Waals surface area contributed by atoms with Gasteiger partial charge in [-0.1, -0.05) is 38.0 Å². The van der Waals surface area contributed by atoms with Gasteiger partial charge in [0.1, 0.15) is 5.75 Å². The number of benzene rings is 1. The van der Waals surface area contributed by atoms with E-state index >= 15 is 0 Å². The molecular formula is C13H19NO2. The van der Waals surface area contributed by atoms with Crippen LogP contribution in [0.1, 0.15) is 38.2 Å². The lowest BCUT2D eigenvalue weighted by molar-refractivity contribution is -0.121. The van der Waals surface area contributed by atoms with Gasteiger partial charge in [0.15, 0.2) is 0 Å². The van der Waals surface area contributed by atoms with Crippen LogP contribution in [0.4, 0.5) is 0 Å². The molecule has 0 aromatic heterocycles. The minimum Gasteiger partial charge on any atom is -0.508 e. The van der Waals surface area contributed by atoms with Crippen molar-refractivity contribution in [2.45, 2.75) is 39.2 Å². The smallest absolute Gasteiger partial charge is 0.220 e. The van der Waals surface area contributed by atoms with Gasteiger partial charge in [0.2, 0.25) is 5.91 Å². The van der Waals surface area contributed by atoms with Gasteiger partial charge in [0, 0.05) is 18.5 Å². The molecule has 0 saturated carbocycles. The first kappa shape index (κ1) is 12.6. The number of para-hydroxylation sites is 1. The van der Waals surface area contributed by atoms with E-state index in [0.29, 0.717) is 13.0 Å². The van der Waals surface area contributed by atoms with Gasteiger partial charge in [0.05, 0.1) is 0 Å². The van der Waals surface area contributed by atoms with E-state index < -0.39 is 0 Å². The second kappa shape index (κ2) is 6.88. The van der Waals surface area contributed by atoms with E-state index in [0.717, 1.165) is 24.8 Å². The summed E-state index contributed by atoms with van der Waals surface area (Å²) >= 11 is 0. The number of hydrogen-bond donors (Lipinski definition) is 2. The highest BCUT2D eigenvalue weighted by atomic mass is 16.3. The minimum absolute atomic E-state index is 0.0525. The number of unbranched alkanes of at least 4 members (excludes halogenated alkanes) is 2. The standard InChI is InChI=1S/C13H19NO2/c1-2-3-4-9-13(16)14-10-11-7-5-6-8-12(11)15/h5-8,15H,2-4,9-10H2,1H3,(H,14,16). The normalized spacial score (nSPS) is 10.1. The number of hydrogen-bond acceptors (Lipinski definition) is 2. The van der Waals surface area contributed by atoms with Gasteiger partial charge in [-0.05, 0) is 12.5 Å². The molecule has 1 aromatic carbocycles. The Labute approximate surface area is 96.5 Å². The van der Waals surface area contributed by atoms with Gasteiger partial charge in [-0.15, -0.1) is 0 Å². The average Bonchev–Trinajstić information content (AvgIpc) is 2.28. The number of rotatable bonds is 6. The molecule has 16 heavy (non-hydrogen) atoms. The molecule has 3 nitrogen and oxygen atoms in total. The molecule has 0 fully saturated rings. The molecule has 0 aliphatic carbocycles. The van der Waals surface area contributed by atoms with Crippen LogP contribution in [0.3, 0.4) is 0 Å². The summed E-state index contributed by atoms with van der Waals surface area (Å²) in [6, 6.07) is 7.04. The SMILES string of the molecule is CCCCCC(=O)NCc1ccccc1O. The Morgan fingerprint density at radius 3 is 2.75 bits per heavy atom. The van der Waals surface area contributed by atoms with Crippen molar-refractivity contribution in [2.24, 2.45) is 0 Å².